The van der Waals surface area contributed by atoms with Crippen molar-refractivity contribution < 1.29 is 40.3 Å². The number of alkyl halides is 7. The Morgan fingerprint density at radius 2 is 1.70 bits per heavy atom. The lowest BCUT2D eigenvalue weighted by Gasteiger charge is -2.34. The van der Waals surface area contributed by atoms with Gasteiger partial charge in [-0.15, -0.1) is 0 Å². The summed E-state index contributed by atoms with van der Waals surface area (Å²) in [6.07, 6.45) is -10.3. The van der Waals surface area contributed by atoms with Gasteiger partial charge in [0.2, 0.25) is 11.8 Å². The van der Waals surface area contributed by atoms with E-state index in [1.54, 1.807) is 7.05 Å². The smallest absolute Gasteiger partial charge is 0.353 e. The van der Waals surface area contributed by atoms with Crippen molar-refractivity contribution in [2.45, 2.75) is 62.1 Å². The first kappa shape index (κ1) is 23.8. The molecule has 4 atom stereocenters. The first-order valence-electron chi connectivity index (χ1n) is 10.7. The first-order chi connectivity index (χ1) is 15.2. The molecule has 1 aromatic rings. The van der Waals surface area contributed by atoms with E-state index in [0.29, 0.717) is 43.5 Å². The second kappa shape index (κ2) is 7.87. The van der Waals surface area contributed by atoms with Gasteiger partial charge < -0.3 is 10.2 Å². The highest BCUT2D eigenvalue weighted by Crippen LogP contribution is 2.54. The molecule has 0 spiro atoms. The van der Waals surface area contributed by atoms with Crippen LogP contribution in [0.4, 0.5) is 30.7 Å². The maximum Gasteiger partial charge on any atom is 0.435 e. The third kappa shape index (κ3) is 3.86. The van der Waals surface area contributed by atoms with E-state index in [1.807, 2.05) is 0 Å². The second-order valence-electron chi connectivity index (χ2n) is 9.24. The van der Waals surface area contributed by atoms with Gasteiger partial charge in [0, 0.05) is 31.6 Å². The van der Waals surface area contributed by atoms with Gasteiger partial charge in [0.15, 0.2) is 0 Å². The van der Waals surface area contributed by atoms with Crippen LogP contribution in [0.1, 0.15) is 48.3 Å². The van der Waals surface area contributed by atoms with Crippen LogP contribution in [-0.4, -0.2) is 48.7 Å². The van der Waals surface area contributed by atoms with E-state index in [1.165, 1.54) is 11.0 Å². The lowest BCUT2D eigenvalue weighted by atomic mass is 9.74. The Morgan fingerprint density at radius 1 is 1.03 bits per heavy atom. The minimum atomic E-state index is -6.14. The van der Waals surface area contributed by atoms with Gasteiger partial charge in [-0.25, -0.2) is 4.39 Å². The van der Waals surface area contributed by atoms with Gasteiger partial charge in [-0.05, 0) is 48.6 Å². The highest BCUT2D eigenvalue weighted by molar-refractivity contribution is 5.89. The van der Waals surface area contributed by atoms with Crippen LogP contribution in [0.15, 0.2) is 18.2 Å². The fourth-order valence-electron chi connectivity index (χ4n) is 5.58. The molecule has 33 heavy (non-hydrogen) atoms. The van der Waals surface area contributed by atoms with Gasteiger partial charge in [-0.3, -0.25) is 9.59 Å². The van der Waals surface area contributed by atoms with Crippen LogP contribution in [0.25, 0.3) is 0 Å². The van der Waals surface area contributed by atoms with Crippen molar-refractivity contribution in [1.82, 2.24) is 10.2 Å². The number of benzene rings is 1. The van der Waals surface area contributed by atoms with Crippen LogP contribution in [-0.2, 0) is 21.7 Å². The summed E-state index contributed by atoms with van der Waals surface area (Å²) in [4.78, 5) is 25.8. The Bertz CT molecular complexity index is 945. The number of likely N-dealkylation sites (tertiary alicyclic amines) is 1. The number of fused-ring (bicyclic) bond motifs is 3. The van der Waals surface area contributed by atoms with E-state index < -0.39 is 29.5 Å². The average Bonchev–Trinajstić information content (AvgIpc) is 3.28. The quantitative estimate of drug-likeness (QED) is 0.653. The van der Waals surface area contributed by atoms with Crippen molar-refractivity contribution in [3.05, 3.63) is 34.9 Å². The molecule has 1 heterocycles. The Morgan fingerprint density at radius 3 is 2.27 bits per heavy atom. The number of hydrogen-bond acceptors (Lipinski definition) is 2. The maximum atomic E-state index is 14.5. The summed E-state index contributed by atoms with van der Waals surface area (Å²) in [6, 6.07) is 2.25. The van der Waals surface area contributed by atoms with Crippen LogP contribution in [0.3, 0.4) is 0 Å². The number of hydrogen-bond donors (Lipinski definition) is 1. The summed E-state index contributed by atoms with van der Waals surface area (Å²) < 4.78 is 93.2. The maximum absolute atomic E-state index is 14.5. The van der Waals surface area contributed by atoms with E-state index in [4.69, 9.17) is 0 Å². The third-order valence-corrected chi connectivity index (χ3v) is 7.33. The summed E-state index contributed by atoms with van der Waals surface area (Å²) in [7, 11) is 1.62. The minimum absolute atomic E-state index is 0.0255. The summed E-state index contributed by atoms with van der Waals surface area (Å²) in [5, 5.41) is 2.99. The summed E-state index contributed by atoms with van der Waals surface area (Å²) in [5.74, 6) is -0.947. The molecule has 2 amide bonds. The average molecular weight is 480 g/mol. The van der Waals surface area contributed by atoms with Gasteiger partial charge in [0.1, 0.15) is 0 Å². The first-order valence-corrected chi connectivity index (χ1v) is 10.7. The normalized spacial score (nSPS) is 28.0. The van der Waals surface area contributed by atoms with E-state index in [2.05, 4.69) is 5.32 Å². The molecule has 2 aliphatic carbocycles. The molecule has 1 aromatic carbocycles. The minimum Gasteiger partial charge on any atom is -0.353 e. The number of amides is 2. The number of rotatable bonds is 3. The molecule has 0 unspecified atom stereocenters. The molecular formula is C22H23F7N2O2. The molecule has 0 radical (unpaired) electrons. The fraction of sp³-hybridized carbons (Fsp3) is 0.636. The van der Waals surface area contributed by atoms with Crippen LogP contribution < -0.4 is 5.32 Å². The fourth-order valence-corrected chi connectivity index (χ4v) is 5.58. The van der Waals surface area contributed by atoms with Crippen LogP contribution in [0, 0.1) is 11.8 Å². The Labute approximate surface area is 185 Å². The number of halogens is 7. The molecule has 182 valence electrons. The number of carbonyl (C=O) groups excluding carboxylic acids is 2. The van der Waals surface area contributed by atoms with E-state index in [0.717, 1.165) is 0 Å². The lowest BCUT2D eigenvalue weighted by Crippen LogP contribution is -2.50. The van der Waals surface area contributed by atoms with E-state index >= 15 is 0 Å². The summed E-state index contributed by atoms with van der Waals surface area (Å²) >= 11 is 0. The Balaban J connectivity index is 1.53. The van der Waals surface area contributed by atoms with Crippen molar-refractivity contribution in [2.24, 2.45) is 11.8 Å². The molecule has 3 aliphatic rings. The van der Waals surface area contributed by atoms with Crippen molar-refractivity contribution in [3.63, 3.8) is 0 Å². The number of nitrogens with one attached hydrogen (secondary N) is 1. The molecule has 1 N–H and O–H groups in total. The van der Waals surface area contributed by atoms with Crippen molar-refractivity contribution >= 4 is 11.8 Å². The molecule has 11 heteroatoms. The summed E-state index contributed by atoms with van der Waals surface area (Å²) in [5.41, 5.74) is -6.02. The van der Waals surface area contributed by atoms with Crippen LogP contribution in [0.2, 0.25) is 0 Å². The SMILES string of the molecule is CN1C[C@@H](C(=O)N[C@@H]2CC[C@H]3c4ccc(C(F)(C(F)(F)F)C(F)(F)F)cc4CC[C@@H]23)CC1=O. The lowest BCUT2D eigenvalue weighted by molar-refractivity contribution is -0.348. The zero-order chi connectivity index (χ0) is 24.3. The summed E-state index contributed by atoms with van der Waals surface area (Å²) in [6.45, 7) is 0.334. The van der Waals surface area contributed by atoms with Crippen molar-refractivity contribution in [1.29, 1.82) is 0 Å². The number of carbonyl (C=O) groups is 2. The van der Waals surface area contributed by atoms with Gasteiger partial charge in [-0.2, -0.15) is 26.3 Å². The monoisotopic (exact) mass is 480 g/mol. The predicted octanol–water partition coefficient (Wildman–Crippen LogP) is 4.38. The molecule has 1 saturated carbocycles. The van der Waals surface area contributed by atoms with Gasteiger partial charge in [0.25, 0.3) is 0 Å². The van der Waals surface area contributed by atoms with Gasteiger partial charge >= 0.3 is 18.0 Å². The molecular weight excluding hydrogens is 457 g/mol. The zero-order valence-electron chi connectivity index (χ0n) is 17.7. The van der Waals surface area contributed by atoms with Crippen molar-refractivity contribution in [3.8, 4) is 0 Å². The molecule has 4 rings (SSSR count). The predicted molar refractivity (Wildman–Crippen MR) is 103 cm³/mol. The molecule has 0 aromatic heterocycles. The number of aryl methyl sites for hydroxylation is 1. The topological polar surface area (TPSA) is 49.4 Å². The highest BCUT2D eigenvalue weighted by atomic mass is 19.4. The highest BCUT2D eigenvalue weighted by Gasteiger charge is 2.73. The van der Waals surface area contributed by atoms with Crippen molar-refractivity contribution in [2.75, 3.05) is 13.6 Å². The number of nitrogens with zero attached hydrogens (tertiary/aromatic N) is 1. The van der Waals surface area contributed by atoms with E-state index in [-0.39, 0.29) is 48.1 Å². The molecule has 1 aliphatic heterocycles. The Kier molecular flexibility index (Phi) is 5.68. The molecule has 2 fully saturated rings. The second-order valence-corrected chi connectivity index (χ2v) is 9.24. The molecule has 1 saturated heterocycles. The largest absolute Gasteiger partial charge is 0.435 e. The standard InChI is InChI=1S/C22H23F7N2O2/c1-31-10-12(9-18(31)32)19(33)30-17-7-6-15-14-5-3-13(8-11(14)2-4-16(15)17)20(23,21(24,25)26)22(27,28)29/h3,5,8,12,15-17H,2,4,6-7,9-10H2,1H3,(H,30,33)/t12-,15-,16+,17+/m0/s1. The molecule has 4 nitrogen and oxygen atoms in total. The van der Waals surface area contributed by atoms with Gasteiger partial charge in [0.05, 0.1) is 5.92 Å². The van der Waals surface area contributed by atoms with Crippen LogP contribution in [0.5, 0.6) is 0 Å². The van der Waals surface area contributed by atoms with Gasteiger partial charge in [-0.1, -0.05) is 18.2 Å². The molecule has 0 bridgehead atoms. The zero-order valence-corrected chi connectivity index (χ0v) is 17.7. The Hall–Kier alpha value is -2.33. The third-order valence-electron chi connectivity index (χ3n) is 7.33. The van der Waals surface area contributed by atoms with Crippen LogP contribution >= 0.6 is 0 Å². The van der Waals surface area contributed by atoms with E-state index in [9.17, 15) is 40.3 Å².